The SMILES string of the molecule is CC(C)c1cccc(C(C)C)c1NC(=O)CCn1nnc(-c2cccc(F)c2)n1. The largest absolute Gasteiger partial charge is 0.325 e. The lowest BCUT2D eigenvalue weighted by atomic mass is 9.92. The maximum atomic E-state index is 13.4. The van der Waals surface area contributed by atoms with Crippen molar-refractivity contribution in [2.45, 2.75) is 52.5 Å². The molecule has 0 bridgehead atoms. The van der Waals surface area contributed by atoms with Crippen LogP contribution in [0.3, 0.4) is 0 Å². The first-order chi connectivity index (χ1) is 13.8. The number of anilines is 1. The van der Waals surface area contributed by atoms with Crippen LogP contribution >= 0.6 is 0 Å². The summed E-state index contributed by atoms with van der Waals surface area (Å²) in [4.78, 5) is 14.0. The zero-order chi connectivity index (χ0) is 21.0. The fraction of sp³-hybridized carbons (Fsp3) is 0.364. The van der Waals surface area contributed by atoms with E-state index in [-0.39, 0.29) is 24.7 Å². The maximum absolute atomic E-state index is 13.4. The molecule has 0 atom stereocenters. The van der Waals surface area contributed by atoms with Gasteiger partial charge in [-0.25, -0.2) is 4.39 Å². The topological polar surface area (TPSA) is 72.7 Å². The van der Waals surface area contributed by atoms with E-state index in [0.29, 0.717) is 23.2 Å². The second kappa shape index (κ2) is 8.94. The van der Waals surface area contributed by atoms with E-state index in [0.717, 1.165) is 16.8 Å². The molecule has 29 heavy (non-hydrogen) atoms. The Morgan fingerprint density at radius 1 is 1.07 bits per heavy atom. The van der Waals surface area contributed by atoms with Crippen molar-refractivity contribution in [2.24, 2.45) is 0 Å². The van der Waals surface area contributed by atoms with Gasteiger partial charge in [0.05, 0.1) is 6.54 Å². The summed E-state index contributed by atoms with van der Waals surface area (Å²) in [5.41, 5.74) is 3.69. The summed E-state index contributed by atoms with van der Waals surface area (Å²) >= 11 is 0. The highest BCUT2D eigenvalue weighted by atomic mass is 19.1. The first-order valence-electron chi connectivity index (χ1n) is 9.81. The number of para-hydroxylation sites is 1. The number of benzene rings is 2. The van der Waals surface area contributed by atoms with Gasteiger partial charge in [0.1, 0.15) is 5.82 Å². The number of tetrazole rings is 1. The molecule has 1 aromatic heterocycles. The molecular weight excluding hydrogens is 369 g/mol. The molecule has 0 aliphatic carbocycles. The average Bonchev–Trinajstić information content (AvgIpc) is 3.15. The van der Waals surface area contributed by atoms with Gasteiger partial charge in [0.2, 0.25) is 11.7 Å². The molecule has 3 aromatic rings. The lowest BCUT2D eigenvalue weighted by Crippen LogP contribution is -2.18. The third kappa shape index (κ3) is 5.04. The number of aryl methyl sites for hydroxylation is 1. The Balaban J connectivity index is 1.68. The van der Waals surface area contributed by atoms with Gasteiger partial charge in [-0.05, 0) is 40.3 Å². The fourth-order valence-electron chi connectivity index (χ4n) is 3.18. The van der Waals surface area contributed by atoms with E-state index in [2.05, 4.69) is 60.6 Å². The minimum Gasteiger partial charge on any atom is -0.325 e. The highest BCUT2D eigenvalue weighted by Gasteiger charge is 2.16. The van der Waals surface area contributed by atoms with Crippen molar-refractivity contribution in [3.05, 3.63) is 59.4 Å². The quantitative estimate of drug-likeness (QED) is 0.626. The van der Waals surface area contributed by atoms with Gasteiger partial charge < -0.3 is 5.32 Å². The smallest absolute Gasteiger partial charge is 0.226 e. The van der Waals surface area contributed by atoms with E-state index in [1.54, 1.807) is 12.1 Å². The standard InChI is InChI=1S/C22H26FN5O/c1-14(2)18-9-6-10-19(15(3)4)21(18)24-20(29)11-12-28-26-22(25-27-28)16-7-5-8-17(23)13-16/h5-10,13-15H,11-12H2,1-4H3,(H,24,29). The van der Waals surface area contributed by atoms with Crippen LogP contribution in [0.5, 0.6) is 0 Å². The van der Waals surface area contributed by atoms with Crippen LogP contribution in [0, 0.1) is 5.82 Å². The summed E-state index contributed by atoms with van der Waals surface area (Å²) in [7, 11) is 0. The van der Waals surface area contributed by atoms with Crippen LogP contribution in [0.2, 0.25) is 0 Å². The number of hydrogen-bond donors (Lipinski definition) is 1. The Labute approximate surface area is 170 Å². The van der Waals surface area contributed by atoms with Crippen LogP contribution in [-0.2, 0) is 11.3 Å². The van der Waals surface area contributed by atoms with Crippen molar-refractivity contribution in [3.63, 3.8) is 0 Å². The summed E-state index contributed by atoms with van der Waals surface area (Å²) < 4.78 is 13.4. The molecule has 1 N–H and O–H groups in total. The number of hydrogen-bond acceptors (Lipinski definition) is 4. The second-order valence-electron chi connectivity index (χ2n) is 7.64. The van der Waals surface area contributed by atoms with Crippen molar-refractivity contribution >= 4 is 11.6 Å². The first kappa shape index (κ1) is 20.6. The van der Waals surface area contributed by atoms with Gasteiger partial charge in [-0.15, -0.1) is 10.2 Å². The number of nitrogens with zero attached hydrogens (tertiary/aromatic N) is 4. The molecule has 3 rings (SSSR count). The normalized spacial score (nSPS) is 11.3. The number of amides is 1. The lowest BCUT2D eigenvalue weighted by Gasteiger charge is -2.20. The van der Waals surface area contributed by atoms with E-state index < -0.39 is 0 Å². The Hall–Kier alpha value is -3.09. The van der Waals surface area contributed by atoms with Crippen molar-refractivity contribution < 1.29 is 9.18 Å². The predicted molar refractivity (Wildman–Crippen MR) is 111 cm³/mol. The monoisotopic (exact) mass is 395 g/mol. The van der Waals surface area contributed by atoms with Crippen LogP contribution in [0.4, 0.5) is 10.1 Å². The number of rotatable bonds is 7. The summed E-state index contributed by atoms with van der Waals surface area (Å²) in [6.45, 7) is 8.74. The van der Waals surface area contributed by atoms with E-state index in [1.807, 2.05) is 6.07 Å². The molecule has 0 unspecified atom stereocenters. The molecule has 0 fully saturated rings. The molecule has 2 aromatic carbocycles. The van der Waals surface area contributed by atoms with Gasteiger partial charge in [0, 0.05) is 17.7 Å². The average molecular weight is 395 g/mol. The molecule has 1 heterocycles. The number of nitrogens with one attached hydrogen (secondary N) is 1. The number of carbonyl (C=O) groups is 1. The highest BCUT2D eigenvalue weighted by Crippen LogP contribution is 2.32. The van der Waals surface area contributed by atoms with Crippen molar-refractivity contribution in [1.29, 1.82) is 0 Å². The van der Waals surface area contributed by atoms with Crippen molar-refractivity contribution in [2.75, 3.05) is 5.32 Å². The Bertz CT molecular complexity index is 970. The molecular formula is C22H26FN5O. The molecule has 0 saturated heterocycles. The fourth-order valence-corrected chi connectivity index (χ4v) is 3.18. The van der Waals surface area contributed by atoms with Crippen molar-refractivity contribution in [1.82, 2.24) is 20.2 Å². The van der Waals surface area contributed by atoms with E-state index in [9.17, 15) is 9.18 Å². The summed E-state index contributed by atoms with van der Waals surface area (Å²) in [6, 6.07) is 12.2. The van der Waals surface area contributed by atoms with E-state index in [4.69, 9.17) is 0 Å². The van der Waals surface area contributed by atoms with E-state index in [1.165, 1.54) is 16.9 Å². The van der Waals surface area contributed by atoms with Crippen LogP contribution in [0.25, 0.3) is 11.4 Å². The zero-order valence-electron chi connectivity index (χ0n) is 17.2. The molecule has 0 aliphatic rings. The first-order valence-corrected chi connectivity index (χ1v) is 9.81. The minimum atomic E-state index is -0.358. The van der Waals surface area contributed by atoms with Crippen LogP contribution in [0.1, 0.15) is 57.1 Å². The van der Waals surface area contributed by atoms with Crippen LogP contribution < -0.4 is 5.32 Å². The second-order valence-corrected chi connectivity index (χ2v) is 7.64. The molecule has 0 spiro atoms. The Morgan fingerprint density at radius 2 is 1.72 bits per heavy atom. The molecule has 0 aliphatic heterocycles. The molecule has 0 saturated carbocycles. The van der Waals surface area contributed by atoms with Gasteiger partial charge in [-0.2, -0.15) is 4.80 Å². The third-order valence-corrected chi connectivity index (χ3v) is 4.71. The molecule has 0 radical (unpaired) electrons. The van der Waals surface area contributed by atoms with E-state index >= 15 is 0 Å². The molecule has 1 amide bonds. The van der Waals surface area contributed by atoms with Crippen molar-refractivity contribution in [3.8, 4) is 11.4 Å². The molecule has 6 nitrogen and oxygen atoms in total. The van der Waals surface area contributed by atoms with Crippen LogP contribution in [-0.4, -0.2) is 26.1 Å². The lowest BCUT2D eigenvalue weighted by molar-refractivity contribution is -0.116. The third-order valence-electron chi connectivity index (χ3n) is 4.71. The van der Waals surface area contributed by atoms with Gasteiger partial charge in [-0.1, -0.05) is 58.0 Å². The summed E-state index contributed by atoms with van der Waals surface area (Å²) in [6.07, 6.45) is 0.211. The summed E-state index contributed by atoms with van der Waals surface area (Å²) in [5, 5.41) is 15.2. The minimum absolute atomic E-state index is 0.107. The molecule has 152 valence electrons. The van der Waals surface area contributed by atoms with Crippen LogP contribution in [0.15, 0.2) is 42.5 Å². The predicted octanol–water partition coefficient (Wildman–Crippen LogP) is 4.75. The van der Waals surface area contributed by atoms with Gasteiger partial charge in [-0.3, -0.25) is 4.79 Å². The number of carbonyl (C=O) groups excluding carboxylic acids is 1. The highest BCUT2D eigenvalue weighted by molar-refractivity contribution is 5.92. The zero-order valence-corrected chi connectivity index (χ0v) is 17.2. The molecule has 7 heteroatoms. The number of halogens is 1. The van der Waals surface area contributed by atoms with Gasteiger partial charge in [0.25, 0.3) is 0 Å². The Morgan fingerprint density at radius 3 is 2.34 bits per heavy atom. The maximum Gasteiger partial charge on any atom is 0.226 e. The Kier molecular flexibility index (Phi) is 6.36. The number of aromatic nitrogens is 4. The van der Waals surface area contributed by atoms with Gasteiger partial charge in [0.15, 0.2) is 0 Å². The van der Waals surface area contributed by atoms with Gasteiger partial charge >= 0.3 is 0 Å². The summed E-state index contributed by atoms with van der Waals surface area (Å²) in [5.74, 6) is 0.467.